The number of likely N-dealkylation sites (tertiary alicyclic amines) is 1. The highest BCUT2D eigenvalue weighted by molar-refractivity contribution is 5.95. The van der Waals surface area contributed by atoms with Crippen molar-refractivity contribution in [2.75, 3.05) is 18.4 Å². The Hall–Kier alpha value is -2.36. The molecule has 1 amide bonds. The van der Waals surface area contributed by atoms with Gasteiger partial charge in [0.05, 0.1) is 17.4 Å². The Morgan fingerprint density at radius 1 is 1.04 bits per heavy atom. The molecule has 1 N–H and O–H groups in total. The Morgan fingerprint density at radius 3 is 2.35 bits per heavy atom. The zero-order valence-corrected chi connectivity index (χ0v) is 14.0. The summed E-state index contributed by atoms with van der Waals surface area (Å²) in [5.74, 6) is 0.0796. The smallest absolute Gasteiger partial charge is 0.255 e. The van der Waals surface area contributed by atoms with E-state index >= 15 is 0 Å². The number of benzene rings is 1. The van der Waals surface area contributed by atoms with Crippen LogP contribution in [0.4, 0.5) is 11.4 Å². The summed E-state index contributed by atoms with van der Waals surface area (Å²) in [7, 11) is 0. The third kappa shape index (κ3) is 3.36. The fraction of sp³-hybridized carbons (Fsp3) is 0.368. The van der Waals surface area contributed by atoms with Gasteiger partial charge in [-0.3, -0.25) is 9.78 Å². The van der Waals surface area contributed by atoms with E-state index in [0.717, 1.165) is 37.3 Å². The molecule has 0 atom stereocenters. The van der Waals surface area contributed by atoms with Gasteiger partial charge in [0.1, 0.15) is 0 Å². The number of rotatable bonds is 3. The number of hydrogen-bond donors (Lipinski definition) is 1. The summed E-state index contributed by atoms with van der Waals surface area (Å²) in [4.78, 5) is 18.6. The fourth-order valence-corrected chi connectivity index (χ4v) is 3.25. The molecular weight excluding hydrogens is 286 g/mol. The zero-order valence-electron chi connectivity index (χ0n) is 14.0. The largest absolute Gasteiger partial charge is 0.354 e. The van der Waals surface area contributed by atoms with Crippen LogP contribution in [0.15, 0.2) is 30.6 Å². The van der Waals surface area contributed by atoms with Crippen LogP contribution >= 0.6 is 0 Å². The number of aryl methyl sites for hydroxylation is 3. The van der Waals surface area contributed by atoms with Crippen LogP contribution in [-0.4, -0.2) is 28.9 Å². The van der Waals surface area contributed by atoms with Gasteiger partial charge in [-0.05, 0) is 50.8 Å². The van der Waals surface area contributed by atoms with Gasteiger partial charge in [-0.1, -0.05) is 17.7 Å². The van der Waals surface area contributed by atoms with Crippen molar-refractivity contribution in [3.05, 3.63) is 52.8 Å². The molecule has 4 heteroatoms. The molecule has 0 aliphatic carbocycles. The number of hydrogen-bond acceptors (Lipinski definition) is 3. The standard InChI is InChI=1S/C19H23N3O/c1-13-8-14(2)18(15(3)9-13)21-17-10-16(11-20-12-17)19(23)22-6-4-5-7-22/h8-12,21H,4-7H2,1-3H3. The highest BCUT2D eigenvalue weighted by Gasteiger charge is 2.20. The topological polar surface area (TPSA) is 45.2 Å². The molecule has 0 bridgehead atoms. The van der Waals surface area contributed by atoms with E-state index in [1.54, 1.807) is 12.4 Å². The molecule has 1 aromatic carbocycles. The average Bonchev–Trinajstić information content (AvgIpc) is 3.05. The predicted molar refractivity (Wildman–Crippen MR) is 93.3 cm³/mol. The molecule has 1 fully saturated rings. The van der Waals surface area contributed by atoms with Gasteiger partial charge in [0, 0.05) is 25.0 Å². The number of nitrogens with zero attached hydrogens (tertiary/aromatic N) is 2. The lowest BCUT2D eigenvalue weighted by Crippen LogP contribution is -2.27. The van der Waals surface area contributed by atoms with Gasteiger partial charge in [0.25, 0.3) is 5.91 Å². The summed E-state index contributed by atoms with van der Waals surface area (Å²) in [6.07, 6.45) is 5.61. The van der Waals surface area contributed by atoms with Crippen molar-refractivity contribution in [2.24, 2.45) is 0 Å². The van der Waals surface area contributed by atoms with Crippen molar-refractivity contribution in [1.29, 1.82) is 0 Å². The third-order valence-electron chi connectivity index (χ3n) is 4.32. The van der Waals surface area contributed by atoms with Crippen LogP contribution in [0.5, 0.6) is 0 Å². The molecule has 0 radical (unpaired) electrons. The molecule has 0 spiro atoms. The second-order valence-corrected chi connectivity index (χ2v) is 6.36. The molecule has 1 saturated heterocycles. The van der Waals surface area contributed by atoms with Crippen molar-refractivity contribution in [2.45, 2.75) is 33.6 Å². The maximum atomic E-state index is 12.5. The minimum absolute atomic E-state index is 0.0796. The van der Waals surface area contributed by atoms with E-state index in [-0.39, 0.29) is 5.91 Å². The molecule has 4 nitrogen and oxygen atoms in total. The first-order chi connectivity index (χ1) is 11.0. The Labute approximate surface area is 137 Å². The Morgan fingerprint density at radius 2 is 1.70 bits per heavy atom. The maximum absolute atomic E-state index is 12.5. The molecule has 23 heavy (non-hydrogen) atoms. The van der Waals surface area contributed by atoms with Gasteiger partial charge in [-0.25, -0.2) is 0 Å². The van der Waals surface area contributed by atoms with Crippen LogP contribution in [-0.2, 0) is 0 Å². The van der Waals surface area contributed by atoms with Gasteiger partial charge in [0.2, 0.25) is 0 Å². The van der Waals surface area contributed by atoms with Crippen molar-refractivity contribution in [1.82, 2.24) is 9.88 Å². The molecule has 1 aromatic heterocycles. The monoisotopic (exact) mass is 309 g/mol. The highest BCUT2D eigenvalue weighted by atomic mass is 16.2. The quantitative estimate of drug-likeness (QED) is 0.932. The van der Waals surface area contributed by atoms with Crippen LogP contribution in [0.3, 0.4) is 0 Å². The molecule has 0 saturated carbocycles. The maximum Gasteiger partial charge on any atom is 0.255 e. The molecule has 3 rings (SSSR count). The van der Waals surface area contributed by atoms with E-state index in [2.05, 4.69) is 43.2 Å². The molecule has 2 heterocycles. The second-order valence-electron chi connectivity index (χ2n) is 6.36. The van der Waals surface area contributed by atoms with Gasteiger partial charge in [-0.15, -0.1) is 0 Å². The Balaban J connectivity index is 1.84. The van der Waals surface area contributed by atoms with E-state index in [4.69, 9.17) is 0 Å². The molecule has 0 unspecified atom stereocenters. The minimum atomic E-state index is 0.0796. The number of amides is 1. The fourth-order valence-electron chi connectivity index (χ4n) is 3.25. The van der Waals surface area contributed by atoms with E-state index in [9.17, 15) is 4.79 Å². The first-order valence-electron chi connectivity index (χ1n) is 8.14. The lowest BCUT2D eigenvalue weighted by molar-refractivity contribution is 0.0792. The average molecular weight is 309 g/mol. The van der Waals surface area contributed by atoms with Crippen molar-refractivity contribution in [3.8, 4) is 0 Å². The summed E-state index contributed by atoms with van der Waals surface area (Å²) < 4.78 is 0. The molecule has 1 aliphatic heterocycles. The van der Waals surface area contributed by atoms with E-state index in [0.29, 0.717) is 5.56 Å². The SMILES string of the molecule is Cc1cc(C)c(Nc2cncc(C(=O)N3CCCC3)c2)c(C)c1. The van der Waals surface area contributed by atoms with Gasteiger partial charge >= 0.3 is 0 Å². The lowest BCUT2D eigenvalue weighted by Gasteiger charge is -2.17. The zero-order chi connectivity index (χ0) is 16.4. The molecule has 120 valence electrons. The first kappa shape index (κ1) is 15.5. The van der Waals surface area contributed by atoms with Crippen molar-refractivity contribution >= 4 is 17.3 Å². The number of carbonyl (C=O) groups is 1. The number of nitrogens with one attached hydrogen (secondary N) is 1. The van der Waals surface area contributed by atoms with E-state index in [1.165, 1.54) is 16.7 Å². The van der Waals surface area contributed by atoms with Crippen molar-refractivity contribution < 1.29 is 4.79 Å². The van der Waals surface area contributed by atoms with E-state index < -0.39 is 0 Å². The van der Waals surface area contributed by atoms with Crippen molar-refractivity contribution in [3.63, 3.8) is 0 Å². The first-order valence-corrected chi connectivity index (χ1v) is 8.14. The summed E-state index contributed by atoms with van der Waals surface area (Å²) in [6, 6.07) is 6.20. The number of anilines is 2. The van der Waals surface area contributed by atoms with Crippen LogP contribution in [0.25, 0.3) is 0 Å². The third-order valence-corrected chi connectivity index (χ3v) is 4.32. The summed E-state index contributed by atoms with van der Waals surface area (Å²) in [5.41, 5.74) is 6.23. The summed E-state index contributed by atoms with van der Waals surface area (Å²) in [5, 5.41) is 3.42. The van der Waals surface area contributed by atoms with Crippen LogP contribution in [0, 0.1) is 20.8 Å². The summed E-state index contributed by atoms with van der Waals surface area (Å²) >= 11 is 0. The molecular formula is C19H23N3O. The number of carbonyl (C=O) groups excluding carboxylic acids is 1. The normalized spacial score (nSPS) is 14.1. The van der Waals surface area contributed by atoms with Gasteiger partial charge in [0.15, 0.2) is 0 Å². The number of pyridine rings is 1. The predicted octanol–water partition coefficient (Wildman–Crippen LogP) is 3.99. The highest BCUT2D eigenvalue weighted by Crippen LogP contribution is 2.26. The van der Waals surface area contributed by atoms with Crippen LogP contribution in [0.2, 0.25) is 0 Å². The Bertz CT molecular complexity index is 710. The molecule has 1 aliphatic rings. The van der Waals surface area contributed by atoms with Gasteiger partial charge < -0.3 is 10.2 Å². The minimum Gasteiger partial charge on any atom is -0.354 e. The van der Waals surface area contributed by atoms with Gasteiger partial charge in [-0.2, -0.15) is 0 Å². The second kappa shape index (κ2) is 6.41. The lowest BCUT2D eigenvalue weighted by atomic mass is 10.0. The number of aromatic nitrogens is 1. The Kier molecular flexibility index (Phi) is 4.33. The van der Waals surface area contributed by atoms with E-state index in [1.807, 2.05) is 11.0 Å². The molecule has 2 aromatic rings. The van der Waals surface area contributed by atoms with Crippen LogP contribution < -0.4 is 5.32 Å². The summed E-state index contributed by atoms with van der Waals surface area (Å²) in [6.45, 7) is 7.99. The van der Waals surface area contributed by atoms with Crippen LogP contribution in [0.1, 0.15) is 39.9 Å².